The molecule has 3 amide bonds. The maximum Gasteiger partial charge on any atom is 0.345 e. The number of hydrogen-bond donors (Lipinski definition) is 2. The van der Waals surface area contributed by atoms with Crippen molar-refractivity contribution < 1.29 is 14.4 Å². The molecule has 1 aromatic carbocycles. The molecule has 2 N–H and O–H groups in total. The summed E-state index contributed by atoms with van der Waals surface area (Å²) < 4.78 is 0.919. The predicted octanol–water partition coefficient (Wildman–Crippen LogP) is 3.68. The molecule has 0 unspecified atom stereocenters. The third-order valence-electron chi connectivity index (χ3n) is 2.86. The molecular weight excluding hydrogens is 332 g/mol. The average Bonchev–Trinajstić information content (AvgIpc) is 2.56. The molecule has 7 heteroatoms. The number of hydroxylamine groups is 1. The highest BCUT2D eigenvalue weighted by Gasteiger charge is 2.16. The highest BCUT2D eigenvalue weighted by molar-refractivity contribution is 8.21. The van der Waals surface area contributed by atoms with Crippen LogP contribution in [-0.2, 0) is 16.2 Å². The monoisotopic (exact) mass is 354 g/mol. The van der Waals surface area contributed by atoms with E-state index in [-0.39, 0.29) is 12.5 Å². The standard InChI is InChI=1S/C16H22N2O3S2/c1-4-8-13(15(22-2)23-3)14(19)17-16(20)18-21-11-12-9-6-5-7-10-12/h5-7,9-10H,4,8,11H2,1-3H3,(H2,17,18,19,20). The lowest BCUT2D eigenvalue weighted by Crippen LogP contribution is -2.40. The maximum absolute atomic E-state index is 12.2. The van der Waals surface area contributed by atoms with Gasteiger partial charge in [-0.25, -0.2) is 10.3 Å². The fraction of sp³-hybridized carbons (Fsp3) is 0.375. The van der Waals surface area contributed by atoms with Crippen LogP contribution in [0.2, 0.25) is 0 Å². The minimum atomic E-state index is -0.666. The number of hydrogen-bond acceptors (Lipinski definition) is 5. The van der Waals surface area contributed by atoms with Crippen LogP contribution in [0, 0.1) is 0 Å². The van der Waals surface area contributed by atoms with E-state index in [2.05, 4.69) is 10.8 Å². The third-order valence-corrected chi connectivity index (χ3v) is 5.10. The number of rotatable bonds is 8. The molecule has 0 saturated carbocycles. The van der Waals surface area contributed by atoms with E-state index in [1.54, 1.807) is 0 Å². The van der Waals surface area contributed by atoms with Crippen LogP contribution in [0.15, 0.2) is 40.1 Å². The lowest BCUT2D eigenvalue weighted by atomic mass is 10.1. The van der Waals surface area contributed by atoms with Gasteiger partial charge in [0.2, 0.25) is 0 Å². The molecule has 0 aliphatic heterocycles. The number of nitrogens with one attached hydrogen (secondary N) is 2. The van der Waals surface area contributed by atoms with E-state index in [9.17, 15) is 9.59 Å². The number of imide groups is 1. The van der Waals surface area contributed by atoms with E-state index < -0.39 is 6.03 Å². The first kappa shape index (κ1) is 19.6. The summed E-state index contributed by atoms with van der Waals surface area (Å²) in [6, 6.07) is 8.78. The van der Waals surface area contributed by atoms with Crippen molar-refractivity contribution >= 4 is 35.5 Å². The Bertz CT molecular complexity index is 542. The molecule has 0 aromatic heterocycles. The summed E-state index contributed by atoms with van der Waals surface area (Å²) in [5.74, 6) is -0.383. The Morgan fingerprint density at radius 2 is 1.78 bits per heavy atom. The minimum Gasteiger partial charge on any atom is -0.272 e. The Morgan fingerprint density at radius 1 is 1.13 bits per heavy atom. The normalized spacial score (nSPS) is 10.0. The topological polar surface area (TPSA) is 67.4 Å². The molecule has 1 rings (SSSR count). The summed E-state index contributed by atoms with van der Waals surface area (Å²) in [5.41, 5.74) is 3.79. The van der Waals surface area contributed by atoms with Gasteiger partial charge in [0.15, 0.2) is 0 Å². The molecule has 126 valence electrons. The van der Waals surface area contributed by atoms with Crippen molar-refractivity contribution in [3.63, 3.8) is 0 Å². The van der Waals surface area contributed by atoms with Crippen LogP contribution >= 0.6 is 23.5 Å². The Morgan fingerprint density at radius 3 is 2.35 bits per heavy atom. The number of benzene rings is 1. The molecule has 0 heterocycles. The first-order chi connectivity index (χ1) is 11.1. The predicted molar refractivity (Wildman–Crippen MR) is 96.9 cm³/mol. The summed E-state index contributed by atoms with van der Waals surface area (Å²) in [5, 5.41) is 2.30. The highest BCUT2D eigenvalue weighted by Crippen LogP contribution is 2.29. The lowest BCUT2D eigenvalue weighted by Gasteiger charge is -2.12. The zero-order chi connectivity index (χ0) is 17.1. The lowest BCUT2D eigenvalue weighted by molar-refractivity contribution is -0.116. The molecule has 0 saturated heterocycles. The summed E-state index contributed by atoms with van der Waals surface area (Å²) in [4.78, 5) is 29.1. The number of urea groups is 1. The van der Waals surface area contributed by atoms with Gasteiger partial charge in [-0.1, -0.05) is 43.7 Å². The Labute approximate surface area is 145 Å². The first-order valence-corrected chi connectivity index (χ1v) is 9.65. The SMILES string of the molecule is CCCC(C(=O)NC(=O)NOCc1ccccc1)=C(SC)SC. The molecule has 23 heavy (non-hydrogen) atoms. The van der Waals surface area contributed by atoms with Crippen molar-refractivity contribution in [1.82, 2.24) is 10.8 Å². The smallest absolute Gasteiger partial charge is 0.272 e. The molecule has 0 aliphatic rings. The Balaban J connectivity index is 2.51. The molecule has 1 aromatic rings. The number of amides is 3. The van der Waals surface area contributed by atoms with Crippen LogP contribution in [0.5, 0.6) is 0 Å². The maximum atomic E-state index is 12.2. The van der Waals surface area contributed by atoms with Gasteiger partial charge in [0.05, 0.1) is 6.61 Å². The average molecular weight is 354 g/mol. The minimum absolute atomic E-state index is 0.237. The summed E-state index contributed by atoms with van der Waals surface area (Å²) in [7, 11) is 0. The van der Waals surface area contributed by atoms with Gasteiger partial charge >= 0.3 is 6.03 Å². The Hall–Kier alpha value is -1.44. The van der Waals surface area contributed by atoms with Gasteiger partial charge in [0.1, 0.15) is 0 Å². The number of carbonyl (C=O) groups excluding carboxylic acids is 2. The van der Waals surface area contributed by atoms with E-state index in [1.165, 1.54) is 23.5 Å². The highest BCUT2D eigenvalue weighted by atomic mass is 32.2. The zero-order valence-electron chi connectivity index (χ0n) is 13.5. The van der Waals surface area contributed by atoms with E-state index >= 15 is 0 Å². The molecule has 0 fully saturated rings. The van der Waals surface area contributed by atoms with E-state index in [0.717, 1.165) is 16.2 Å². The molecule has 5 nitrogen and oxygen atoms in total. The van der Waals surface area contributed by atoms with Crippen LogP contribution in [0.4, 0.5) is 4.79 Å². The number of carbonyl (C=O) groups is 2. The van der Waals surface area contributed by atoms with E-state index in [1.807, 2.05) is 49.8 Å². The third kappa shape index (κ3) is 7.11. The van der Waals surface area contributed by atoms with Crippen LogP contribution < -0.4 is 10.8 Å². The molecular formula is C16H22N2O3S2. The van der Waals surface area contributed by atoms with Crippen LogP contribution in [0.1, 0.15) is 25.3 Å². The van der Waals surface area contributed by atoms with E-state index in [4.69, 9.17) is 4.84 Å². The van der Waals surface area contributed by atoms with Gasteiger partial charge in [-0.05, 0) is 24.5 Å². The van der Waals surface area contributed by atoms with Crippen molar-refractivity contribution in [2.75, 3.05) is 12.5 Å². The van der Waals surface area contributed by atoms with Crippen LogP contribution in [0.25, 0.3) is 0 Å². The fourth-order valence-electron chi connectivity index (χ4n) is 1.85. The van der Waals surface area contributed by atoms with Gasteiger partial charge in [-0.2, -0.15) is 0 Å². The second-order valence-electron chi connectivity index (χ2n) is 4.58. The van der Waals surface area contributed by atoms with Crippen molar-refractivity contribution in [3.05, 3.63) is 45.7 Å². The van der Waals surface area contributed by atoms with Crippen LogP contribution in [-0.4, -0.2) is 24.4 Å². The Kier molecular flexibility index (Phi) is 9.51. The largest absolute Gasteiger partial charge is 0.345 e. The summed E-state index contributed by atoms with van der Waals surface area (Å²) in [6.07, 6.45) is 5.29. The van der Waals surface area contributed by atoms with Crippen molar-refractivity contribution in [3.8, 4) is 0 Å². The van der Waals surface area contributed by atoms with Crippen molar-refractivity contribution in [2.24, 2.45) is 0 Å². The second kappa shape index (κ2) is 11.2. The first-order valence-electron chi connectivity index (χ1n) is 7.20. The van der Waals surface area contributed by atoms with Crippen LogP contribution in [0.3, 0.4) is 0 Å². The van der Waals surface area contributed by atoms with Gasteiger partial charge in [0.25, 0.3) is 5.91 Å². The summed E-state index contributed by atoms with van der Waals surface area (Å²) >= 11 is 3.01. The fourth-order valence-corrected chi connectivity index (χ4v) is 3.40. The molecule has 0 bridgehead atoms. The molecule has 0 spiro atoms. The number of thioether (sulfide) groups is 2. The van der Waals surface area contributed by atoms with Gasteiger partial charge in [-0.3, -0.25) is 14.9 Å². The van der Waals surface area contributed by atoms with Gasteiger partial charge < -0.3 is 0 Å². The van der Waals surface area contributed by atoms with Crippen molar-refractivity contribution in [2.45, 2.75) is 26.4 Å². The van der Waals surface area contributed by atoms with Gasteiger partial charge in [0, 0.05) is 9.81 Å². The second-order valence-corrected chi connectivity index (χ2v) is 6.48. The summed E-state index contributed by atoms with van der Waals surface area (Å²) in [6.45, 7) is 2.23. The van der Waals surface area contributed by atoms with Gasteiger partial charge in [-0.15, -0.1) is 23.5 Å². The zero-order valence-corrected chi connectivity index (χ0v) is 15.2. The van der Waals surface area contributed by atoms with E-state index in [0.29, 0.717) is 12.0 Å². The molecule has 0 atom stereocenters. The molecule has 0 aliphatic carbocycles. The van der Waals surface area contributed by atoms with Crippen molar-refractivity contribution in [1.29, 1.82) is 0 Å². The molecule has 0 radical (unpaired) electrons. The quantitative estimate of drug-likeness (QED) is 0.550.